The summed E-state index contributed by atoms with van der Waals surface area (Å²) in [5, 5.41) is 13.9. The van der Waals surface area contributed by atoms with Gasteiger partial charge in [0.15, 0.2) is 0 Å². The van der Waals surface area contributed by atoms with Gasteiger partial charge in [-0.2, -0.15) is 0 Å². The van der Waals surface area contributed by atoms with Gasteiger partial charge in [0, 0.05) is 32.7 Å². The van der Waals surface area contributed by atoms with Crippen LogP contribution in [0.5, 0.6) is 0 Å². The predicted molar refractivity (Wildman–Crippen MR) is 85.5 cm³/mol. The molecule has 1 aliphatic heterocycles. The van der Waals surface area contributed by atoms with Crippen LogP contribution in [0.3, 0.4) is 0 Å². The lowest BCUT2D eigenvalue weighted by molar-refractivity contribution is -0.0219. The van der Waals surface area contributed by atoms with Crippen molar-refractivity contribution in [2.75, 3.05) is 39.4 Å². The molecule has 1 aromatic carbocycles. The average Bonchev–Trinajstić information content (AvgIpc) is 2.42. The number of aliphatic hydroxyl groups is 1. The predicted octanol–water partition coefficient (Wildman–Crippen LogP) is 1.48. The third-order valence-corrected chi connectivity index (χ3v) is 4.12. The van der Waals surface area contributed by atoms with Gasteiger partial charge in [0.05, 0.1) is 18.8 Å². The highest BCUT2D eigenvalue weighted by Crippen LogP contribution is 2.13. The van der Waals surface area contributed by atoms with Crippen LogP contribution in [0, 0.1) is 13.8 Å². The van der Waals surface area contributed by atoms with E-state index < -0.39 is 5.60 Å². The lowest BCUT2D eigenvalue weighted by Crippen LogP contribution is -2.50. The Balaban J connectivity index is 1.81. The van der Waals surface area contributed by atoms with Gasteiger partial charge in [0.2, 0.25) is 0 Å². The zero-order valence-electron chi connectivity index (χ0n) is 13.5. The number of hydrogen-bond donors (Lipinski definition) is 2. The maximum atomic E-state index is 10.5. The lowest BCUT2D eigenvalue weighted by Gasteiger charge is -2.34. The number of aryl methyl sites for hydroxylation is 2. The Labute approximate surface area is 128 Å². The first-order valence-corrected chi connectivity index (χ1v) is 7.76. The van der Waals surface area contributed by atoms with E-state index >= 15 is 0 Å². The van der Waals surface area contributed by atoms with E-state index in [0.29, 0.717) is 13.1 Å². The van der Waals surface area contributed by atoms with Crippen molar-refractivity contribution in [3.05, 3.63) is 34.9 Å². The second-order valence-electron chi connectivity index (χ2n) is 6.36. The molecule has 1 atom stereocenters. The van der Waals surface area contributed by atoms with Crippen LogP contribution >= 0.6 is 0 Å². The number of rotatable bonds is 6. The SMILES string of the molecule is Cc1cccc(C)c1CNC[C@](C)(O)CN1CCOCC1. The van der Waals surface area contributed by atoms with Crippen molar-refractivity contribution < 1.29 is 9.84 Å². The first-order chi connectivity index (χ1) is 9.98. The largest absolute Gasteiger partial charge is 0.388 e. The molecule has 2 rings (SSSR count). The molecule has 0 aromatic heterocycles. The van der Waals surface area contributed by atoms with E-state index in [9.17, 15) is 5.11 Å². The summed E-state index contributed by atoms with van der Waals surface area (Å²) in [5.41, 5.74) is 3.22. The molecular formula is C17H28N2O2. The monoisotopic (exact) mass is 292 g/mol. The van der Waals surface area contributed by atoms with E-state index in [4.69, 9.17) is 4.74 Å². The molecule has 1 saturated heterocycles. The van der Waals surface area contributed by atoms with Gasteiger partial charge in [-0.05, 0) is 37.5 Å². The van der Waals surface area contributed by atoms with Gasteiger partial charge in [-0.25, -0.2) is 0 Å². The summed E-state index contributed by atoms with van der Waals surface area (Å²) >= 11 is 0. The van der Waals surface area contributed by atoms with E-state index in [1.165, 1.54) is 16.7 Å². The molecule has 0 unspecified atom stereocenters. The van der Waals surface area contributed by atoms with Gasteiger partial charge < -0.3 is 15.2 Å². The number of nitrogens with one attached hydrogen (secondary N) is 1. The molecule has 4 nitrogen and oxygen atoms in total. The van der Waals surface area contributed by atoms with Crippen LogP contribution < -0.4 is 5.32 Å². The molecular weight excluding hydrogens is 264 g/mol. The first-order valence-electron chi connectivity index (χ1n) is 7.76. The highest BCUT2D eigenvalue weighted by molar-refractivity contribution is 5.33. The van der Waals surface area contributed by atoms with Crippen molar-refractivity contribution in [2.45, 2.75) is 32.9 Å². The minimum absolute atomic E-state index is 0.595. The molecule has 118 valence electrons. The van der Waals surface area contributed by atoms with E-state index in [-0.39, 0.29) is 0 Å². The van der Waals surface area contributed by atoms with E-state index in [2.05, 4.69) is 42.3 Å². The van der Waals surface area contributed by atoms with Gasteiger partial charge in [0.1, 0.15) is 0 Å². The quantitative estimate of drug-likeness (QED) is 0.833. The zero-order valence-corrected chi connectivity index (χ0v) is 13.5. The normalized spacial score (nSPS) is 19.4. The molecule has 4 heteroatoms. The van der Waals surface area contributed by atoms with Crippen LogP contribution in [-0.2, 0) is 11.3 Å². The van der Waals surface area contributed by atoms with Crippen LogP contribution in [0.1, 0.15) is 23.6 Å². The molecule has 0 bridgehead atoms. The second kappa shape index (κ2) is 7.36. The number of benzene rings is 1. The number of nitrogens with zero attached hydrogens (tertiary/aromatic N) is 1. The molecule has 1 aliphatic rings. The molecule has 2 N–H and O–H groups in total. The van der Waals surface area contributed by atoms with E-state index in [1.807, 2.05) is 6.92 Å². The highest BCUT2D eigenvalue weighted by Gasteiger charge is 2.24. The maximum absolute atomic E-state index is 10.5. The summed E-state index contributed by atoms with van der Waals surface area (Å²) in [6.45, 7) is 11.6. The average molecular weight is 292 g/mol. The van der Waals surface area contributed by atoms with Crippen molar-refractivity contribution in [3.8, 4) is 0 Å². The lowest BCUT2D eigenvalue weighted by atomic mass is 10.0. The van der Waals surface area contributed by atoms with Crippen LogP contribution in [0.25, 0.3) is 0 Å². The summed E-state index contributed by atoms with van der Waals surface area (Å²) in [6.07, 6.45) is 0. The van der Waals surface area contributed by atoms with Gasteiger partial charge in [-0.1, -0.05) is 18.2 Å². The Morgan fingerprint density at radius 3 is 2.48 bits per heavy atom. The minimum Gasteiger partial charge on any atom is -0.388 e. The van der Waals surface area contributed by atoms with Crippen molar-refractivity contribution in [2.24, 2.45) is 0 Å². The summed E-state index contributed by atoms with van der Waals surface area (Å²) in [5.74, 6) is 0. The van der Waals surface area contributed by atoms with Crippen molar-refractivity contribution in [1.82, 2.24) is 10.2 Å². The fourth-order valence-corrected chi connectivity index (χ4v) is 2.88. The van der Waals surface area contributed by atoms with Gasteiger partial charge >= 0.3 is 0 Å². The molecule has 21 heavy (non-hydrogen) atoms. The Kier molecular flexibility index (Phi) is 5.76. The Morgan fingerprint density at radius 1 is 1.24 bits per heavy atom. The molecule has 0 radical (unpaired) electrons. The van der Waals surface area contributed by atoms with E-state index in [1.54, 1.807) is 0 Å². The molecule has 0 saturated carbocycles. The van der Waals surface area contributed by atoms with Crippen LogP contribution in [0.2, 0.25) is 0 Å². The standard InChI is InChI=1S/C17H28N2O2/c1-14-5-4-6-15(2)16(14)11-18-12-17(3,20)13-19-7-9-21-10-8-19/h4-6,18,20H,7-13H2,1-3H3/t17-/m0/s1. The highest BCUT2D eigenvalue weighted by atomic mass is 16.5. The fraction of sp³-hybridized carbons (Fsp3) is 0.647. The van der Waals surface area contributed by atoms with Crippen molar-refractivity contribution >= 4 is 0 Å². The molecule has 1 heterocycles. The zero-order chi connectivity index (χ0) is 15.3. The number of ether oxygens (including phenoxy) is 1. The van der Waals surface area contributed by atoms with Crippen LogP contribution in [0.4, 0.5) is 0 Å². The second-order valence-corrected chi connectivity index (χ2v) is 6.36. The van der Waals surface area contributed by atoms with Gasteiger partial charge in [0.25, 0.3) is 0 Å². The fourth-order valence-electron chi connectivity index (χ4n) is 2.88. The summed E-state index contributed by atoms with van der Waals surface area (Å²) in [6, 6.07) is 6.36. The van der Waals surface area contributed by atoms with Gasteiger partial charge in [-0.3, -0.25) is 4.90 Å². The summed E-state index contributed by atoms with van der Waals surface area (Å²) in [7, 11) is 0. The summed E-state index contributed by atoms with van der Waals surface area (Å²) < 4.78 is 5.34. The molecule has 1 fully saturated rings. The number of hydrogen-bond acceptors (Lipinski definition) is 4. The van der Waals surface area contributed by atoms with Crippen molar-refractivity contribution in [3.63, 3.8) is 0 Å². The van der Waals surface area contributed by atoms with Gasteiger partial charge in [-0.15, -0.1) is 0 Å². The smallest absolute Gasteiger partial charge is 0.0869 e. The third-order valence-electron chi connectivity index (χ3n) is 4.12. The third kappa shape index (κ3) is 5.08. The topological polar surface area (TPSA) is 44.7 Å². The van der Waals surface area contributed by atoms with E-state index in [0.717, 1.165) is 32.8 Å². The van der Waals surface area contributed by atoms with Crippen LogP contribution in [-0.4, -0.2) is 55.0 Å². The number of β-amino-alcohol motifs (C(OH)–C–C–N with tert-alkyl or cyclic N) is 1. The molecule has 0 amide bonds. The van der Waals surface area contributed by atoms with Crippen LogP contribution in [0.15, 0.2) is 18.2 Å². The Bertz CT molecular complexity index is 434. The molecule has 0 spiro atoms. The van der Waals surface area contributed by atoms with Crippen molar-refractivity contribution in [1.29, 1.82) is 0 Å². The minimum atomic E-state index is -0.714. The maximum Gasteiger partial charge on any atom is 0.0869 e. The number of morpholine rings is 1. The summed E-state index contributed by atoms with van der Waals surface area (Å²) in [4.78, 5) is 2.27. The molecule has 0 aliphatic carbocycles. The first kappa shape index (κ1) is 16.4. The Hall–Kier alpha value is -0.940. The molecule has 1 aromatic rings. The Morgan fingerprint density at radius 2 is 1.86 bits per heavy atom.